The van der Waals surface area contributed by atoms with E-state index in [-0.39, 0.29) is 5.54 Å². The van der Waals surface area contributed by atoms with Crippen molar-refractivity contribution in [1.82, 2.24) is 0 Å². The Hall–Kier alpha value is -1.55. The van der Waals surface area contributed by atoms with Crippen LogP contribution >= 0.6 is 0 Å². The van der Waals surface area contributed by atoms with E-state index in [1.54, 1.807) is 0 Å². The Morgan fingerprint density at radius 1 is 1.33 bits per heavy atom. The maximum atomic E-state index is 10.8. The van der Waals surface area contributed by atoms with Gasteiger partial charge < -0.3 is 16.8 Å². The van der Waals surface area contributed by atoms with E-state index in [1.807, 2.05) is 24.3 Å². The van der Waals surface area contributed by atoms with Crippen LogP contribution in [0.4, 0.5) is 10.5 Å². The topological polar surface area (TPSA) is 81.1 Å². The Kier molecular flexibility index (Phi) is 2.36. The lowest BCUT2D eigenvalue weighted by molar-refractivity contribution is 0.253. The lowest BCUT2D eigenvalue weighted by atomic mass is 9.72. The average Bonchev–Trinajstić information content (AvgIpc) is 2.14. The number of primary amides is 1. The molecule has 4 nitrogen and oxygen atoms in total. The number of rotatable bonds is 2. The van der Waals surface area contributed by atoms with Crippen molar-refractivity contribution in [3.8, 4) is 0 Å². The summed E-state index contributed by atoms with van der Waals surface area (Å²) in [6, 6.07) is 7.01. The highest BCUT2D eigenvalue weighted by Crippen LogP contribution is 2.41. The van der Waals surface area contributed by atoms with Crippen molar-refractivity contribution < 1.29 is 4.79 Å². The molecule has 0 atom stereocenters. The fraction of sp³-hybridized carbons (Fsp3) is 0.364. The van der Waals surface area contributed by atoms with Gasteiger partial charge in [-0.3, -0.25) is 0 Å². The number of hydrogen-bond acceptors (Lipinski definition) is 2. The van der Waals surface area contributed by atoms with Crippen LogP contribution < -0.4 is 16.8 Å². The first-order valence-electron chi connectivity index (χ1n) is 5.07. The minimum absolute atomic E-state index is 0.279. The second-order valence-corrected chi connectivity index (χ2v) is 4.04. The lowest BCUT2D eigenvalue weighted by Gasteiger charge is -2.39. The highest BCUT2D eigenvalue weighted by Gasteiger charge is 2.36. The normalized spacial score (nSPS) is 17.9. The van der Waals surface area contributed by atoms with Crippen molar-refractivity contribution in [2.24, 2.45) is 11.5 Å². The van der Waals surface area contributed by atoms with Crippen LogP contribution in [0.5, 0.6) is 0 Å². The molecule has 0 heterocycles. The van der Waals surface area contributed by atoms with E-state index in [4.69, 9.17) is 11.5 Å². The van der Waals surface area contributed by atoms with E-state index in [0.717, 1.165) is 30.5 Å². The Labute approximate surface area is 88.6 Å². The van der Waals surface area contributed by atoms with Gasteiger partial charge in [-0.05, 0) is 30.9 Å². The third-order valence-corrected chi connectivity index (χ3v) is 2.97. The minimum atomic E-state index is -0.551. The van der Waals surface area contributed by atoms with Gasteiger partial charge >= 0.3 is 6.03 Å². The molecule has 1 fully saturated rings. The number of hydrogen-bond donors (Lipinski definition) is 3. The third kappa shape index (κ3) is 1.80. The summed E-state index contributed by atoms with van der Waals surface area (Å²) in [6.07, 6.45) is 3.07. The summed E-state index contributed by atoms with van der Waals surface area (Å²) < 4.78 is 0. The van der Waals surface area contributed by atoms with Crippen molar-refractivity contribution in [2.45, 2.75) is 24.8 Å². The van der Waals surface area contributed by atoms with Crippen LogP contribution in [0.25, 0.3) is 0 Å². The molecule has 0 saturated heterocycles. The van der Waals surface area contributed by atoms with Crippen molar-refractivity contribution in [3.63, 3.8) is 0 Å². The number of urea groups is 1. The van der Waals surface area contributed by atoms with Gasteiger partial charge in [0.05, 0.1) is 0 Å². The molecular formula is C11H15N3O. The summed E-state index contributed by atoms with van der Waals surface area (Å²) in [5.41, 5.74) is 12.7. The van der Waals surface area contributed by atoms with Crippen LogP contribution in [0.1, 0.15) is 24.8 Å². The van der Waals surface area contributed by atoms with E-state index in [1.165, 1.54) is 0 Å². The maximum absolute atomic E-state index is 10.8. The fourth-order valence-corrected chi connectivity index (χ4v) is 1.99. The molecule has 1 aliphatic carbocycles. The first-order chi connectivity index (χ1) is 7.12. The first-order valence-corrected chi connectivity index (χ1v) is 5.07. The van der Waals surface area contributed by atoms with E-state index < -0.39 is 6.03 Å². The van der Waals surface area contributed by atoms with Crippen molar-refractivity contribution in [2.75, 3.05) is 5.32 Å². The summed E-state index contributed by atoms with van der Waals surface area (Å²) >= 11 is 0. The highest BCUT2D eigenvalue weighted by molar-refractivity contribution is 5.89. The number of anilines is 1. The van der Waals surface area contributed by atoms with Gasteiger partial charge in [0.1, 0.15) is 0 Å². The molecule has 1 aromatic carbocycles. The van der Waals surface area contributed by atoms with Gasteiger partial charge in [-0.15, -0.1) is 0 Å². The van der Waals surface area contributed by atoms with Gasteiger partial charge in [0.2, 0.25) is 0 Å². The quantitative estimate of drug-likeness (QED) is 0.684. The zero-order valence-corrected chi connectivity index (χ0v) is 8.49. The molecule has 15 heavy (non-hydrogen) atoms. The Bertz CT molecular complexity index is 385. The summed E-state index contributed by atoms with van der Waals surface area (Å²) in [5, 5.41) is 2.61. The summed E-state index contributed by atoms with van der Waals surface area (Å²) in [5.74, 6) is 0. The zero-order valence-electron chi connectivity index (χ0n) is 8.49. The van der Waals surface area contributed by atoms with Crippen molar-refractivity contribution >= 4 is 11.7 Å². The molecule has 2 amide bonds. The molecule has 0 spiro atoms. The van der Waals surface area contributed by atoms with Crippen LogP contribution in [-0.2, 0) is 5.54 Å². The van der Waals surface area contributed by atoms with Crippen LogP contribution in [0.15, 0.2) is 24.3 Å². The Morgan fingerprint density at radius 3 is 2.53 bits per heavy atom. The van der Waals surface area contributed by atoms with Gasteiger partial charge in [-0.25, -0.2) is 4.79 Å². The highest BCUT2D eigenvalue weighted by atomic mass is 16.2. The van der Waals surface area contributed by atoms with Gasteiger partial charge in [-0.1, -0.05) is 18.2 Å². The molecule has 0 radical (unpaired) electrons. The molecule has 0 aromatic heterocycles. The molecule has 0 aliphatic heterocycles. The first kappa shape index (κ1) is 9.98. The molecule has 1 aliphatic rings. The largest absolute Gasteiger partial charge is 0.351 e. The van der Waals surface area contributed by atoms with Crippen molar-refractivity contribution in [3.05, 3.63) is 29.8 Å². The molecule has 80 valence electrons. The fourth-order valence-electron chi connectivity index (χ4n) is 1.99. The smallest absolute Gasteiger partial charge is 0.316 e. The number of benzene rings is 1. The number of nitrogens with one attached hydrogen (secondary N) is 1. The number of carbonyl (C=O) groups is 1. The lowest BCUT2D eigenvalue weighted by Crippen LogP contribution is -2.44. The maximum Gasteiger partial charge on any atom is 0.316 e. The molecule has 1 saturated carbocycles. The minimum Gasteiger partial charge on any atom is -0.351 e. The van der Waals surface area contributed by atoms with Gasteiger partial charge in [0, 0.05) is 11.2 Å². The van der Waals surface area contributed by atoms with E-state index in [9.17, 15) is 4.79 Å². The molecule has 4 heteroatoms. The summed E-state index contributed by atoms with van der Waals surface area (Å²) in [7, 11) is 0. The third-order valence-electron chi connectivity index (χ3n) is 2.97. The molecule has 1 aromatic rings. The average molecular weight is 205 g/mol. The Morgan fingerprint density at radius 2 is 2.00 bits per heavy atom. The predicted molar refractivity (Wildman–Crippen MR) is 59.4 cm³/mol. The molecular weight excluding hydrogens is 190 g/mol. The second-order valence-electron chi connectivity index (χ2n) is 4.04. The number of carbonyl (C=O) groups excluding carboxylic acids is 1. The van der Waals surface area contributed by atoms with Gasteiger partial charge in [0.15, 0.2) is 0 Å². The predicted octanol–water partition coefficient (Wildman–Crippen LogP) is 1.52. The second kappa shape index (κ2) is 3.55. The Balaban J connectivity index is 2.33. The van der Waals surface area contributed by atoms with Crippen LogP contribution in [-0.4, -0.2) is 6.03 Å². The SMILES string of the molecule is NC(=O)Nc1ccccc1C1(N)CCC1. The molecule has 2 rings (SSSR count). The zero-order chi connectivity index (χ0) is 10.9. The van der Waals surface area contributed by atoms with Crippen molar-refractivity contribution in [1.29, 1.82) is 0 Å². The standard InChI is InChI=1S/C11H15N3O/c12-10(15)14-9-5-2-1-4-8(9)11(13)6-3-7-11/h1-2,4-5H,3,6-7,13H2,(H3,12,14,15). The van der Waals surface area contributed by atoms with Gasteiger partial charge in [-0.2, -0.15) is 0 Å². The number of amides is 2. The molecule has 0 bridgehead atoms. The summed E-state index contributed by atoms with van der Waals surface area (Å²) in [4.78, 5) is 10.8. The molecule has 0 unspecified atom stereocenters. The summed E-state index contributed by atoms with van der Waals surface area (Å²) in [6.45, 7) is 0. The van der Waals surface area contributed by atoms with E-state index in [0.29, 0.717) is 0 Å². The van der Waals surface area contributed by atoms with Crippen LogP contribution in [0.2, 0.25) is 0 Å². The monoisotopic (exact) mass is 205 g/mol. The number of nitrogens with two attached hydrogens (primary N) is 2. The van der Waals surface area contributed by atoms with Crippen LogP contribution in [0, 0.1) is 0 Å². The number of para-hydroxylation sites is 1. The van der Waals surface area contributed by atoms with E-state index in [2.05, 4.69) is 5.32 Å². The van der Waals surface area contributed by atoms with Gasteiger partial charge in [0.25, 0.3) is 0 Å². The van der Waals surface area contributed by atoms with Crippen LogP contribution in [0.3, 0.4) is 0 Å². The molecule has 5 N–H and O–H groups in total. The van der Waals surface area contributed by atoms with E-state index >= 15 is 0 Å².